The van der Waals surface area contributed by atoms with Gasteiger partial charge in [0.15, 0.2) is 10.8 Å². The highest BCUT2D eigenvalue weighted by Crippen LogP contribution is 2.50. The van der Waals surface area contributed by atoms with E-state index < -0.39 is 24.2 Å². The summed E-state index contributed by atoms with van der Waals surface area (Å²) < 4.78 is 49.4. The van der Waals surface area contributed by atoms with Crippen molar-refractivity contribution in [1.82, 2.24) is 19.6 Å². The summed E-state index contributed by atoms with van der Waals surface area (Å²) in [5.74, 6) is 0. The molecule has 3 aromatic heterocycles. The molecule has 0 bridgehead atoms. The number of carbonyl (C=O) groups excluding carboxylic acids is 1. The molecule has 0 aliphatic carbocycles. The third-order valence-electron chi connectivity index (χ3n) is 6.20. The van der Waals surface area contributed by atoms with Crippen molar-refractivity contribution in [3.8, 4) is 0 Å². The van der Waals surface area contributed by atoms with Crippen LogP contribution >= 0.6 is 23.2 Å². The van der Waals surface area contributed by atoms with Crippen molar-refractivity contribution in [3.05, 3.63) is 46.1 Å². The van der Waals surface area contributed by atoms with Crippen molar-refractivity contribution in [2.45, 2.75) is 43.9 Å². The quantitative estimate of drug-likeness (QED) is 0.484. The molecule has 0 spiro atoms. The number of fused-ring (bicyclic) bond motifs is 3. The molecule has 5 rings (SSSR count). The number of nitrogens with one attached hydrogen (secondary N) is 1. The number of alkyl halides is 3. The van der Waals surface area contributed by atoms with Crippen LogP contribution in [0.4, 0.5) is 29.3 Å². The van der Waals surface area contributed by atoms with E-state index in [0.717, 1.165) is 35.6 Å². The largest absolute Gasteiger partial charge is 0.401 e. The average molecular weight is 515 g/mol. The number of amides is 2. The predicted molar refractivity (Wildman–Crippen MR) is 120 cm³/mol. The number of rotatable bonds is 2. The van der Waals surface area contributed by atoms with E-state index in [9.17, 15) is 18.0 Å². The number of anilines is 2. The molecular formula is C21H19Cl2F3N6O2. The van der Waals surface area contributed by atoms with Crippen LogP contribution in [0.2, 0.25) is 10.2 Å². The van der Waals surface area contributed by atoms with Gasteiger partial charge in [-0.2, -0.15) is 18.3 Å². The fourth-order valence-electron chi connectivity index (χ4n) is 4.39. The van der Waals surface area contributed by atoms with Crippen LogP contribution in [0, 0.1) is 0 Å². The molecule has 2 aliphatic rings. The maximum atomic E-state index is 14.2. The van der Waals surface area contributed by atoms with Crippen LogP contribution in [0.15, 0.2) is 24.5 Å². The van der Waals surface area contributed by atoms with Crippen LogP contribution in [0.1, 0.15) is 43.7 Å². The molecule has 3 aromatic rings. The molecule has 0 radical (unpaired) electrons. The minimum Gasteiger partial charge on any atom is -0.372 e. The van der Waals surface area contributed by atoms with Crippen molar-refractivity contribution >= 4 is 46.3 Å². The standard InChI is InChI=1S/C21H19Cl2F3N6O2/c1-20(21(24,25)26)10-31(13-9-27-16-7-15(23)30-32(16)18(13)20)19(33)29-11-6-12(22)17(28-8-11)14-4-2-3-5-34-14/h6-9,14H,2-5,10H2,1H3,(H,29,33)/t14-,20?/m1/s1. The molecule has 8 nitrogen and oxygen atoms in total. The van der Waals surface area contributed by atoms with Crippen LogP contribution in [0.25, 0.3) is 5.65 Å². The molecular weight excluding hydrogens is 496 g/mol. The fraction of sp³-hybridized carbons (Fsp3) is 0.429. The smallest absolute Gasteiger partial charge is 0.372 e. The highest BCUT2D eigenvalue weighted by atomic mass is 35.5. The van der Waals surface area contributed by atoms with Crippen molar-refractivity contribution in [3.63, 3.8) is 0 Å². The number of hydrogen-bond donors (Lipinski definition) is 1. The van der Waals surface area contributed by atoms with E-state index in [-0.39, 0.29) is 34.0 Å². The summed E-state index contributed by atoms with van der Waals surface area (Å²) >= 11 is 12.3. The van der Waals surface area contributed by atoms with E-state index in [1.54, 1.807) is 0 Å². The van der Waals surface area contributed by atoms with E-state index >= 15 is 0 Å². The molecule has 34 heavy (non-hydrogen) atoms. The lowest BCUT2D eigenvalue weighted by Crippen LogP contribution is -2.46. The van der Waals surface area contributed by atoms with Crippen molar-refractivity contribution < 1.29 is 22.7 Å². The SMILES string of the molecule is CC1(C(F)(F)F)CN(C(=O)Nc2cnc([C@H]3CCCCO3)c(Cl)c2)c2cnc3cc(Cl)nn3c21. The van der Waals surface area contributed by atoms with Crippen LogP contribution in [0.3, 0.4) is 0 Å². The predicted octanol–water partition coefficient (Wildman–Crippen LogP) is 5.54. The van der Waals surface area contributed by atoms with Crippen molar-refractivity contribution in [2.75, 3.05) is 23.4 Å². The fourth-order valence-corrected chi connectivity index (χ4v) is 4.85. The molecule has 2 amide bonds. The molecule has 1 unspecified atom stereocenters. The topological polar surface area (TPSA) is 84.7 Å². The first-order chi connectivity index (χ1) is 16.1. The lowest BCUT2D eigenvalue weighted by Gasteiger charge is -2.28. The van der Waals surface area contributed by atoms with E-state index in [1.807, 2.05) is 0 Å². The van der Waals surface area contributed by atoms with Gasteiger partial charge in [0, 0.05) is 19.2 Å². The summed E-state index contributed by atoms with van der Waals surface area (Å²) in [6, 6.07) is 2.08. The summed E-state index contributed by atoms with van der Waals surface area (Å²) in [6.07, 6.45) is 0.491. The number of carbonyl (C=O) groups is 1. The van der Waals surface area contributed by atoms with Gasteiger partial charge in [0.05, 0.1) is 40.2 Å². The van der Waals surface area contributed by atoms with Gasteiger partial charge in [0.1, 0.15) is 11.5 Å². The van der Waals surface area contributed by atoms with Gasteiger partial charge in [-0.3, -0.25) is 9.88 Å². The monoisotopic (exact) mass is 514 g/mol. The number of pyridine rings is 1. The molecule has 13 heteroatoms. The first kappa shape index (κ1) is 23.1. The molecule has 2 atom stereocenters. The molecule has 1 fully saturated rings. The molecule has 5 heterocycles. The maximum absolute atomic E-state index is 14.2. The summed E-state index contributed by atoms with van der Waals surface area (Å²) in [7, 11) is 0. The second-order valence-electron chi connectivity index (χ2n) is 8.52. The Morgan fingerprint density at radius 2 is 2.03 bits per heavy atom. The van der Waals surface area contributed by atoms with E-state index in [2.05, 4.69) is 20.4 Å². The normalized spacial score (nSPS) is 22.8. The minimum atomic E-state index is -4.67. The number of ether oxygens (including phenoxy) is 1. The van der Waals surface area contributed by atoms with Crippen molar-refractivity contribution in [1.29, 1.82) is 0 Å². The lowest BCUT2D eigenvalue weighted by atomic mass is 9.88. The number of halogens is 5. The number of urea groups is 1. The Morgan fingerprint density at radius 1 is 1.24 bits per heavy atom. The Bertz CT molecular complexity index is 1280. The summed E-state index contributed by atoms with van der Waals surface area (Å²) in [5, 5.41) is 6.85. The van der Waals surface area contributed by atoms with Gasteiger partial charge < -0.3 is 10.1 Å². The minimum absolute atomic E-state index is 0.00363. The van der Waals surface area contributed by atoms with Gasteiger partial charge in [-0.25, -0.2) is 14.3 Å². The third kappa shape index (κ3) is 3.75. The Kier molecular flexibility index (Phi) is 5.61. The van der Waals surface area contributed by atoms with Crippen LogP contribution in [-0.4, -0.2) is 44.9 Å². The lowest BCUT2D eigenvalue weighted by molar-refractivity contribution is -0.181. The van der Waals surface area contributed by atoms with E-state index in [4.69, 9.17) is 27.9 Å². The van der Waals surface area contributed by atoms with Crippen molar-refractivity contribution in [2.24, 2.45) is 0 Å². The van der Waals surface area contributed by atoms with Crippen LogP contribution in [0.5, 0.6) is 0 Å². The summed E-state index contributed by atoms with van der Waals surface area (Å²) in [4.78, 5) is 22.5. The first-order valence-electron chi connectivity index (χ1n) is 10.6. The molecule has 1 saturated heterocycles. The zero-order chi connectivity index (χ0) is 24.3. The third-order valence-corrected chi connectivity index (χ3v) is 6.69. The highest BCUT2D eigenvalue weighted by Gasteiger charge is 2.60. The second-order valence-corrected chi connectivity index (χ2v) is 9.32. The molecule has 180 valence electrons. The number of nitrogens with zero attached hydrogens (tertiary/aromatic N) is 5. The van der Waals surface area contributed by atoms with Crippen LogP contribution in [-0.2, 0) is 10.2 Å². The van der Waals surface area contributed by atoms with E-state index in [1.165, 1.54) is 24.5 Å². The zero-order valence-corrected chi connectivity index (χ0v) is 19.4. The Balaban J connectivity index is 1.46. The van der Waals surface area contributed by atoms with Gasteiger partial charge in [0.25, 0.3) is 0 Å². The first-order valence-corrected chi connectivity index (χ1v) is 11.3. The molecule has 0 aromatic carbocycles. The van der Waals surface area contributed by atoms with Crippen LogP contribution < -0.4 is 10.2 Å². The molecule has 0 saturated carbocycles. The average Bonchev–Trinajstić information content (AvgIpc) is 3.31. The zero-order valence-electron chi connectivity index (χ0n) is 17.9. The van der Waals surface area contributed by atoms with E-state index in [0.29, 0.717) is 17.3 Å². The van der Waals surface area contributed by atoms with Gasteiger partial charge in [-0.1, -0.05) is 23.2 Å². The van der Waals surface area contributed by atoms with Gasteiger partial charge in [0.2, 0.25) is 0 Å². The molecule has 2 aliphatic heterocycles. The highest BCUT2D eigenvalue weighted by molar-refractivity contribution is 6.31. The summed E-state index contributed by atoms with van der Waals surface area (Å²) in [5.41, 5.74) is -1.67. The Labute approximate surface area is 202 Å². The number of aromatic nitrogens is 4. The number of hydrogen-bond acceptors (Lipinski definition) is 5. The van der Waals surface area contributed by atoms with Gasteiger partial charge in [-0.15, -0.1) is 0 Å². The van der Waals surface area contributed by atoms with Gasteiger partial charge in [-0.05, 0) is 32.3 Å². The summed E-state index contributed by atoms with van der Waals surface area (Å²) in [6.45, 7) is 0.979. The second kappa shape index (κ2) is 8.24. The maximum Gasteiger partial charge on any atom is 0.401 e. The van der Waals surface area contributed by atoms with Gasteiger partial charge >= 0.3 is 12.2 Å². The Hall–Kier alpha value is -2.63. The molecule has 1 N–H and O–H groups in total. The Morgan fingerprint density at radius 3 is 2.71 bits per heavy atom.